The summed E-state index contributed by atoms with van der Waals surface area (Å²) in [5.41, 5.74) is -1.48. The van der Waals surface area contributed by atoms with Crippen molar-refractivity contribution >= 4 is 27.6 Å². The van der Waals surface area contributed by atoms with Crippen molar-refractivity contribution in [3.63, 3.8) is 0 Å². The Morgan fingerprint density at radius 3 is 2.32 bits per heavy atom. The second kappa shape index (κ2) is 8.76. The minimum absolute atomic E-state index is 0.193. The molecule has 1 amide bonds. The molecule has 0 radical (unpaired) electrons. The van der Waals surface area contributed by atoms with Crippen LogP contribution in [0.1, 0.15) is 20.7 Å². The highest BCUT2D eigenvalue weighted by Crippen LogP contribution is 2.23. The van der Waals surface area contributed by atoms with Crippen LogP contribution in [0, 0.1) is 11.6 Å². The van der Waals surface area contributed by atoms with Gasteiger partial charge in [0.1, 0.15) is 11.6 Å². The van der Waals surface area contributed by atoms with E-state index in [1.54, 1.807) is 0 Å². The van der Waals surface area contributed by atoms with Gasteiger partial charge in [-0.05, 0) is 30.3 Å². The number of sulfonamides is 1. The Hall–Kier alpha value is -3.05. The van der Waals surface area contributed by atoms with Crippen molar-refractivity contribution in [3.05, 3.63) is 59.2 Å². The van der Waals surface area contributed by atoms with Crippen molar-refractivity contribution in [1.82, 2.24) is 5.32 Å². The number of anilines is 1. The van der Waals surface area contributed by atoms with E-state index in [9.17, 15) is 26.8 Å². The number of carboxylic acids is 1. The zero-order chi connectivity index (χ0) is 20.9. The van der Waals surface area contributed by atoms with Gasteiger partial charge < -0.3 is 15.2 Å². The lowest BCUT2D eigenvalue weighted by molar-refractivity contribution is 0.0691. The van der Waals surface area contributed by atoms with Gasteiger partial charge in [0.25, 0.3) is 15.9 Å². The molecule has 0 aliphatic rings. The number of nitrogens with one attached hydrogen (secondary N) is 2. The quantitative estimate of drug-likeness (QED) is 0.567. The fraction of sp³-hybridized carbons (Fsp3) is 0.176. The Kier molecular flexibility index (Phi) is 6.65. The first-order valence-electron chi connectivity index (χ1n) is 7.78. The molecule has 0 aliphatic carbocycles. The van der Waals surface area contributed by atoms with E-state index in [2.05, 4.69) is 5.32 Å². The fourth-order valence-corrected chi connectivity index (χ4v) is 3.20. The maximum atomic E-state index is 13.9. The zero-order valence-electron chi connectivity index (χ0n) is 14.5. The molecule has 0 spiro atoms. The monoisotopic (exact) mass is 414 g/mol. The lowest BCUT2D eigenvalue weighted by Crippen LogP contribution is -2.27. The standard InChI is InChI=1S/C17H16F2N2O6S/c1-27-7-6-20-16(22)10-2-4-11(5-3-10)28(25,26)21-15-9-13(18)12(17(23)24)8-14(15)19/h2-5,8-9,21H,6-7H2,1H3,(H,20,22)(H,23,24). The van der Waals surface area contributed by atoms with Crippen molar-refractivity contribution < 1.29 is 36.6 Å². The number of methoxy groups -OCH3 is 1. The van der Waals surface area contributed by atoms with E-state index >= 15 is 0 Å². The highest BCUT2D eigenvalue weighted by molar-refractivity contribution is 7.92. The number of benzene rings is 2. The second-order valence-corrected chi connectivity index (χ2v) is 7.18. The summed E-state index contributed by atoms with van der Waals surface area (Å²) in [5.74, 6) is -4.68. The molecule has 2 aromatic rings. The first-order valence-corrected chi connectivity index (χ1v) is 9.26. The average molecular weight is 414 g/mol. The van der Waals surface area contributed by atoms with Crippen molar-refractivity contribution in [3.8, 4) is 0 Å². The van der Waals surface area contributed by atoms with Gasteiger partial charge in [0.2, 0.25) is 0 Å². The Morgan fingerprint density at radius 1 is 1.11 bits per heavy atom. The number of carboxylic acid groups (broad SMARTS) is 1. The molecule has 0 atom stereocenters. The average Bonchev–Trinajstić information content (AvgIpc) is 2.64. The minimum atomic E-state index is -4.30. The summed E-state index contributed by atoms with van der Waals surface area (Å²) in [6.45, 7) is 0.582. The summed E-state index contributed by atoms with van der Waals surface area (Å²) >= 11 is 0. The Bertz CT molecular complexity index is 993. The molecule has 2 aromatic carbocycles. The van der Waals surface area contributed by atoms with Crippen molar-refractivity contribution in [2.24, 2.45) is 0 Å². The lowest BCUT2D eigenvalue weighted by Gasteiger charge is -2.11. The molecule has 0 saturated heterocycles. The Balaban J connectivity index is 2.20. The molecule has 28 heavy (non-hydrogen) atoms. The number of carbonyl (C=O) groups excluding carboxylic acids is 1. The van der Waals surface area contributed by atoms with Gasteiger partial charge in [-0.3, -0.25) is 9.52 Å². The van der Waals surface area contributed by atoms with Gasteiger partial charge in [0, 0.05) is 25.3 Å². The third-order valence-corrected chi connectivity index (χ3v) is 4.93. The topological polar surface area (TPSA) is 122 Å². The predicted molar refractivity (Wildman–Crippen MR) is 94.8 cm³/mol. The maximum absolute atomic E-state index is 13.9. The van der Waals surface area contributed by atoms with Crippen molar-refractivity contribution in [2.75, 3.05) is 25.0 Å². The maximum Gasteiger partial charge on any atom is 0.338 e. The van der Waals surface area contributed by atoms with Crippen LogP contribution in [0.5, 0.6) is 0 Å². The SMILES string of the molecule is COCCNC(=O)c1ccc(S(=O)(=O)Nc2cc(F)c(C(=O)O)cc2F)cc1. The largest absolute Gasteiger partial charge is 0.478 e. The summed E-state index contributed by atoms with van der Waals surface area (Å²) in [5, 5.41) is 11.3. The first-order chi connectivity index (χ1) is 13.2. The molecule has 150 valence electrons. The Labute approximate surface area is 159 Å². The summed E-state index contributed by atoms with van der Waals surface area (Å²) in [6.07, 6.45) is 0. The van der Waals surface area contributed by atoms with Crippen LogP contribution in [0.2, 0.25) is 0 Å². The van der Waals surface area contributed by atoms with Crippen LogP contribution in [0.3, 0.4) is 0 Å². The van der Waals surface area contributed by atoms with E-state index in [0.29, 0.717) is 18.7 Å². The van der Waals surface area contributed by atoms with Crippen molar-refractivity contribution in [1.29, 1.82) is 0 Å². The number of carbonyl (C=O) groups is 2. The Morgan fingerprint density at radius 2 is 1.75 bits per heavy atom. The van der Waals surface area contributed by atoms with E-state index in [4.69, 9.17) is 9.84 Å². The number of hydrogen-bond acceptors (Lipinski definition) is 5. The zero-order valence-corrected chi connectivity index (χ0v) is 15.3. The third-order valence-electron chi connectivity index (χ3n) is 3.55. The van der Waals surface area contributed by atoms with Crippen LogP contribution < -0.4 is 10.0 Å². The third kappa shape index (κ3) is 5.02. The molecule has 11 heteroatoms. The molecule has 8 nitrogen and oxygen atoms in total. The van der Waals surface area contributed by atoms with E-state index in [1.807, 2.05) is 4.72 Å². The molecule has 0 aliphatic heterocycles. The first kappa shape index (κ1) is 21.3. The van der Waals surface area contributed by atoms with E-state index < -0.39 is 44.8 Å². The number of amides is 1. The summed E-state index contributed by atoms with van der Waals surface area (Å²) in [6, 6.07) is 5.56. The normalized spacial score (nSPS) is 11.1. The van der Waals surface area contributed by atoms with Crippen LogP contribution >= 0.6 is 0 Å². The molecule has 0 heterocycles. The molecule has 0 bridgehead atoms. The molecule has 0 aromatic heterocycles. The van der Waals surface area contributed by atoms with Crippen LogP contribution in [0.4, 0.5) is 14.5 Å². The fourth-order valence-electron chi connectivity index (χ4n) is 2.15. The van der Waals surface area contributed by atoms with Gasteiger partial charge in [-0.2, -0.15) is 0 Å². The van der Waals surface area contributed by atoms with Crippen molar-refractivity contribution in [2.45, 2.75) is 4.90 Å². The van der Waals surface area contributed by atoms with Gasteiger partial charge in [-0.1, -0.05) is 0 Å². The molecular weight excluding hydrogens is 398 g/mol. The van der Waals surface area contributed by atoms with Gasteiger partial charge in [-0.15, -0.1) is 0 Å². The summed E-state index contributed by atoms with van der Waals surface area (Å²) in [4.78, 5) is 22.3. The summed E-state index contributed by atoms with van der Waals surface area (Å²) < 4.78 is 59.0. The number of hydrogen-bond donors (Lipinski definition) is 3. The number of halogens is 2. The van der Waals surface area contributed by atoms with Gasteiger partial charge in [0.05, 0.1) is 22.8 Å². The van der Waals surface area contributed by atoms with E-state index in [1.165, 1.54) is 19.2 Å². The van der Waals surface area contributed by atoms with E-state index in [0.717, 1.165) is 12.1 Å². The molecular formula is C17H16F2N2O6S. The number of aromatic carboxylic acids is 1. The molecule has 0 fully saturated rings. The smallest absolute Gasteiger partial charge is 0.338 e. The minimum Gasteiger partial charge on any atom is -0.478 e. The predicted octanol–water partition coefficient (Wildman–Crippen LogP) is 1.84. The second-order valence-electron chi connectivity index (χ2n) is 5.50. The highest BCUT2D eigenvalue weighted by atomic mass is 32.2. The van der Waals surface area contributed by atoms with Crippen LogP contribution in [-0.4, -0.2) is 45.7 Å². The molecule has 0 saturated carbocycles. The van der Waals surface area contributed by atoms with Gasteiger partial charge >= 0.3 is 5.97 Å². The van der Waals surface area contributed by atoms with Gasteiger partial charge in [0.15, 0.2) is 0 Å². The summed E-state index contributed by atoms with van der Waals surface area (Å²) in [7, 11) is -2.83. The van der Waals surface area contributed by atoms with E-state index in [-0.39, 0.29) is 17.0 Å². The van der Waals surface area contributed by atoms with Crippen LogP contribution in [0.15, 0.2) is 41.3 Å². The molecule has 0 unspecified atom stereocenters. The van der Waals surface area contributed by atoms with Crippen LogP contribution in [-0.2, 0) is 14.8 Å². The number of rotatable bonds is 8. The molecule has 3 N–H and O–H groups in total. The number of ether oxygens (including phenoxy) is 1. The lowest BCUT2D eigenvalue weighted by atomic mass is 10.2. The highest BCUT2D eigenvalue weighted by Gasteiger charge is 2.20. The van der Waals surface area contributed by atoms with Gasteiger partial charge in [-0.25, -0.2) is 22.0 Å². The van der Waals surface area contributed by atoms with Crippen LogP contribution in [0.25, 0.3) is 0 Å². The molecule has 2 rings (SSSR count).